The molecular formula is C25H28N8O3S. The summed E-state index contributed by atoms with van der Waals surface area (Å²) in [6, 6.07) is 1.75. The molecular weight excluding hydrogens is 492 g/mol. The molecule has 11 nitrogen and oxygen atoms in total. The number of pyridine rings is 2. The second-order valence-corrected chi connectivity index (χ2v) is 10.4. The molecule has 0 bridgehead atoms. The normalized spacial score (nSPS) is 14.7. The molecule has 0 atom stereocenters. The van der Waals surface area contributed by atoms with Crippen LogP contribution in [0.3, 0.4) is 0 Å². The van der Waals surface area contributed by atoms with E-state index in [4.69, 9.17) is 4.74 Å². The molecule has 1 amide bonds. The van der Waals surface area contributed by atoms with Gasteiger partial charge in [-0.05, 0) is 32.0 Å². The number of hydrogen-bond acceptors (Lipinski definition) is 8. The molecule has 0 spiro atoms. The van der Waals surface area contributed by atoms with Gasteiger partial charge in [0.15, 0.2) is 0 Å². The molecule has 37 heavy (non-hydrogen) atoms. The van der Waals surface area contributed by atoms with E-state index in [0.717, 1.165) is 34.9 Å². The molecule has 12 heteroatoms. The highest BCUT2D eigenvalue weighted by molar-refractivity contribution is 7.21. The molecule has 2 N–H and O–H groups in total. The average molecular weight is 521 g/mol. The molecule has 1 aliphatic rings. The number of likely N-dealkylation sites (tertiary alicyclic amines) is 1. The number of nitrogens with one attached hydrogen (secondary N) is 2. The van der Waals surface area contributed by atoms with Gasteiger partial charge in [-0.25, -0.2) is 4.52 Å². The average Bonchev–Trinajstić information content (AvgIpc) is 3.61. The standard InChI is InChI=1S/C25H28N8O3S/c1-36-10-9-32-14-16(12-27-32)19-15-33-25(37-19)21-23(30-33)22-18(29-24(21)35)11-17(13-26-22)28-20(34)5-8-31-6-3-2-4-7-31/h11-15H,2-10H2,1H3,(H,28,34)(H,29,35). The van der Waals surface area contributed by atoms with E-state index in [2.05, 4.69) is 30.4 Å². The summed E-state index contributed by atoms with van der Waals surface area (Å²) in [4.78, 5) is 37.1. The number of thiazole rings is 1. The van der Waals surface area contributed by atoms with Gasteiger partial charge in [-0.15, -0.1) is 11.3 Å². The quantitative estimate of drug-likeness (QED) is 0.322. The number of nitrogens with zero attached hydrogens (tertiary/aromatic N) is 6. The fraction of sp³-hybridized carbons (Fsp3) is 0.400. The number of amides is 1. The van der Waals surface area contributed by atoms with Gasteiger partial charge in [-0.3, -0.25) is 19.3 Å². The maximum absolute atomic E-state index is 13.1. The molecule has 6 heterocycles. The summed E-state index contributed by atoms with van der Waals surface area (Å²) in [5.41, 5.74) is 2.94. The SMILES string of the molecule is COCCn1cc(-c2cn3nc4c5ncc(NC(=O)CCN6CCCCC6)cc5[nH]c(=O)c4c3s2)cn1. The fourth-order valence-corrected chi connectivity index (χ4v) is 5.88. The molecule has 1 saturated heterocycles. The van der Waals surface area contributed by atoms with E-state index >= 15 is 0 Å². The number of rotatable bonds is 8. The predicted molar refractivity (Wildman–Crippen MR) is 143 cm³/mol. The zero-order valence-electron chi connectivity index (χ0n) is 20.6. The summed E-state index contributed by atoms with van der Waals surface area (Å²) in [6.07, 6.45) is 11.4. The zero-order valence-corrected chi connectivity index (χ0v) is 21.4. The van der Waals surface area contributed by atoms with Crippen LogP contribution in [0.4, 0.5) is 5.69 Å². The van der Waals surface area contributed by atoms with Crippen molar-refractivity contribution in [3.05, 3.63) is 41.2 Å². The maximum atomic E-state index is 13.1. The van der Waals surface area contributed by atoms with Crippen LogP contribution in [0, 0.1) is 0 Å². The van der Waals surface area contributed by atoms with Crippen molar-refractivity contribution in [1.82, 2.24) is 34.3 Å². The highest BCUT2D eigenvalue weighted by atomic mass is 32.1. The Hall–Kier alpha value is -3.61. The topological polar surface area (TPSA) is 122 Å². The number of aromatic amines is 1. The minimum atomic E-state index is -0.239. The van der Waals surface area contributed by atoms with Gasteiger partial charge in [0.25, 0.3) is 5.56 Å². The number of methoxy groups -OCH3 is 1. The van der Waals surface area contributed by atoms with Crippen LogP contribution in [0.25, 0.3) is 37.2 Å². The molecule has 6 rings (SSSR count). The number of fused-ring (bicyclic) bond motifs is 5. The third kappa shape index (κ3) is 4.75. The first-order chi connectivity index (χ1) is 18.1. The van der Waals surface area contributed by atoms with E-state index in [9.17, 15) is 9.59 Å². The summed E-state index contributed by atoms with van der Waals surface area (Å²) in [5.74, 6) is -0.0595. The van der Waals surface area contributed by atoms with Crippen molar-refractivity contribution in [3.63, 3.8) is 0 Å². The van der Waals surface area contributed by atoms with E-state index in [0.29, 0.717) is 47.2 Å². The smallest absolute Gasteiger partial charge is 0.261 e. The third-order valence-electron chi connectivity index (χ3n) is 6.73. The molecule has 1 aliphatic heterocycles. The van der Waals surface area contributed by atoms with Crippen LogP contribution in [0.5, 0.6) is 0 Å². The molecule has 0 saturated carbocycles. The molecule has 0 unspecified atom stereocenters. The Morgan fingerprint density at radius 1 is 1.16 bits per heavy atom. The Morgan fingerprint density at radius 3 is 2.86 bits per heavy atom. The van der Waals surface area contributed by atoms with Gasteiger partial charge in [0, 0.05) is 38.0 Å². The minimum absolute atomic E-state index is 0.0595. The molecule has 0 aliphatic carbocycles. The van der Waals surface area contributed by atoms with Crippen molar-refractivity contribution in [2.24, 2.45) is 0 Å². The van der Waals surface area contributed by atoms with Crippen LogP contribution in [0.1, 0.15) is 25.7 Å². The van der Waals surface area contributed by atoms with Crippen molar-refractivity contribution >= 4 is 49.7 Å². The van der Waals surface area contributed by atoms with Crippen molar-refractivity contribution in [2.45, 2.75) is 32.2 Å². The fourth-order valence-electron chi connectivity index (χ4n) is 4.82. The molecule has 5 aromatic rings. The monoisotopic (exact) mass is 520 g/mol. The summed E-state index contributed by atoms with van der Waals surface area (Å²) >= 11 is 1.48. The first kappa shape index (κ1) is 23.8. The second kappa shape index (κ2) is 10.0. The lowest BCUT2D eigenvalue weighted by atomic mass is 10.1. The molecule has 1 fully saturated rings. The number of carbonyl (C=O) groups is 1. The van der Waals surface area contributed by atoms with Gasteiger partial charge in [0.2, 0.25) is 5.91 Å². The van der Waals surface area contributed by atoms with Crippen LogP contribution in [-0.4, -0.2) is 73.5 Å². The van der Waals surface area contributed by atoms with Gasteiger partial charge in [0.1, 0.15) is 21.3 Å². The van der Waals surface area contributed by atoms with E-state index in [1.54, 1.807) is 30.1 Å². The molecule has 0 radical (unpaired) electrons. The summed E-state index contributed by atoms with van der Waals surface area (Å²) in [5, 5.41) is 12.5. The van der Waals surface area contributed by atoms with Crippen LogP contribution in [0.15, 0.2) is 35.6 Å². The summed E-state index contributed by atoms with van der Waals surface area (Å²) in [7, 11) is 1.66. The Kier molecular flexibility index (Phi) is 6.45. The number of piperidine rings is 1. The van der Waals surface area contributed by atoms with E-state index < -0.39 is 0 Å². The van der Waals surface area contributed by atoms with Gasteiger partial charge in [-0.2, -0.15) is 10.2 Å². The maximum Gasteiger partial charge on any atom is 0.261 e. The van der Waals surface area contributed by atoms with Crippen LogP contribution in [0.2, 0.25) is 0 Å². The highest BCUT2D eigenvalue weighted by Crippen LogP contribution is 2.33. The number of carbonyl (C=O) groups excluding carboxylic acids is 1. The zero-order chi connectivity index (χ0) is 25.4. The first-order valence-electron chi connectivity index (χ1n) is 12.5. The Morgan fingerprint density at radius 2 is 2.03 bits per heavy atom. The molecule has 0 aromatic carbocycles. The third-order valence-corrected chi connectivity index (χ3v) is 7.88. The number of anilines is 1. The van der Waals surface area contributed by atoms with Crippen LogP contribution < -0.4 is 10.9 Å². The van der Waals surface area contributed by atoms with E-state index in [-0.39, 0.29) is 11.5 Å². The Labute approximate surface area is 216 Å². The number of ether oxygens (including phenoxy) is 1. The van der Waals surface area contributed by atoms with Crippen LogP contribution in [-0.2, 0) is 16.1 Å². The Bertz CT molecular complexity index is 1640. The highest BCUT2D eigenvalue weighted by Gasteiger charge is 2.18. The van der Waals surface area contributed by atoms with Gasteiger partial charge < -0.3 is 19.9 Å². The predicted octanol–water partition coefficient (Wildman–Crippen LogP) is 3.11. The van der Waals surface area contributed by atoms with E-state index in [1.807, 2.05) is 17.1 Å². The number of H-pyrrole nitrogens is 1. The molecule has 5 aromatic heterocycles. The first-order valence-corrected chi connectivity index (χ1v) is 13.3. The van der Waals surface area contributed by atoms with Crippen molar-refractivity contribution in [3.8, 4) is 10.4 Å². The molecule has 192 valence electrons. The lowest BCUT2D eigenvalue weighted by molar-refractivity contribution is -0.116. The van der Waals surface area contributed by atoms with E-state index in [1.165, 1.54) is 30.6 Å². The van der Waals surface area contributed by atoms with Gasteiger partial charge in [-0.1, -0.05) is 6.42 Å². The Balaban J connectivity index is 1.25. The number of aromatic nitrogens is 6. The summed E-state index contributed by atoms with van der Waals surface area (Å²) in [6.45, 7) is 4.12. The minimum Gasteiger partial charge on any atom is -0.383 e. The van der Waals surface area contributed by atoms with Gasteiger partial charge >= 0.3 is 0 Å². The number of hydrogen-bond donors (Lipinski definition) is 2. The van der Waals surface area contributed by atoms with Crippen molar-refractivity contribution in [2.75, 3.05) is 38.7 Å². The lowest BCUT2D eigenvalue weighted by Gasteiger charge is -2.25. The van der Waals surface area contributed by atoms with Gasteiger partial charge in [0.05, 0.1) is 41.6 Å². The summed E-state index contributed by atoms with van der Waals surface area (Å²) < 4.78 is 8.67. The second-order valence-electron chi connectivity index (χ2n) is 9.33. The van der Waals surface area contributed by atoms with Crippen molar-refractivity contribution in [1.29, 1.82) is 0 Å². The lowest BCUT2D eigenvalue weighted by Crippen LogP contribution is -2.32. The van der Waals surface area contributed by atoms with Crippen molar-refractivity contribution < 1.29 is 9.53 Å². The largest absolute Gasteiger partial charge is 0.383 e. The van der Waals surface area contributed by atoms with Crippen LogP contribution >= 0.6 is 11.3 Å².